The van der Waals surface area contributed by atoms with Crippen molar-refractivity contribution in [3.8, 4) is 0 Å². The first-order valence-corrected chi connectivity index (χ1v) is 9.22. The first-order chi connectivity index (χ1) is 10.4. The SMILES string of the molecule is CNS(=O)(=O)CCNC1CCN(c2ccc(F)cc2C)CC1. The Bertz CT molecular complexity index is 599. The van der Waals surface area contributed by atoms with E-state index in [0.717, 1.165) is 37.2 Å². The van der Waals surface area contributed by atoms with Crippen LogP contribution in [0.25, 0.3) is 0 Å². The summed E-state index contributed by atoms with van der Waals surface area (Å²) in [5.74, 6) is -0.107. The average molecular weight is 329 g/mol. The molecule has 5 nitrogen and oxygen atoms in total. The Morgan fingerprint density at radius 1 is 1.32 bits per heavy atom. The van der Waals surface area contributed by atoms with Gasteiger partial charge in [0.1, 0.15) is 5.82 Å². The van der Waals surface area contributed by atoms with Gasteiger partial charge < -0.3 is 10.2 Å². The quantitative estimate of drug-likeness (QED) is 0.824. The molecule has 1 aliphatic heterocycles. The van der Waals surface area contributed by atoms with Gasteiger partial charge in [-0.05, 0) is 50.6 Å². The molecule has 1 saturated heterocycles. The van der Waals surface area contributed by atoms with Crippen LogP contribution < -0.4 is 14.9 Å². The topological polar surface area (TPSA) is 61.4 Å². The maximum absolute atomic E-state index is 13.2. The summed E-state index contributed by atoms with van der Waals surface area (Å²) in [7, 11) is -1.71. The second-order valence-corrected chi connectivity index (χ2v) is 7.72. The molecule has 1 aromatic rings. The number of hydrogen-bond donors (Lipinski definition) is 2. The Hall–Kier alpha value is -1.18. The van der Waals surface area contributed by atoms with Crippen LogP contribution in [0.2, 0.25) is 0 Å². The third-order valence-electron chi connectivity index (χ3n) is 4.11. The predicted octanol–water partition coefficient (Wildman–Crippen LogP) is 1.24. The van der Waals surface area contributed by atoms with E-state index in [1.807, 2.05) is 13.0 Å². The van der Waals surface area contributed by atoms with Gasteiger partial charge in [-0.1, -0.05) is 0 Å². The molecule has 0 unspecified atom stereocenters. The van der Waals surface area contributed by atoms with Crippen LogP contribution in [0.3, 0.4) is 0 Å². The number of piperidine rings is 1. The number of halogens is 1. The van der Waals surface area contributed by atoms with Crippen molar-refractivity contribution >= 4 is 15.7 Å². The van der Waals surface area contributed by atoms with Crippen molar-refractivity contribution in [2.24, 2.45) is 0 Å². The normalized spacial score (nSPS) is 17.0. The predicted molar refractivity (Wildman–Crippen MR) is 87.2 cm³/mol. The van der Waals surface area contributed by atoms with Crippen molar-refractivity contribution in [2.45, 2.75) is 25.8 Å². The van der Waals surface area contributed by atoms with Gasteiger partial charge in [-0.2, -0.15) is 0 Å². The van der Waals surface area contributed by atoms with E-state index >= 15 is 0 Å². The molecule has 0 spiro atoms. The number of nitrogens with zero attached hydrogens (tertiary/aromatic N) is 1. The van der Waals surface area contributed by atoms with Crippen molar-refractivity contribution in [3.05, 3.63) is 29.6 Å². The van der Waals surface area contributed by atoms with Gasteiger partial charge in [0.2, 0.25) is 10.0 Å². The van der Waals surface area contributed by atoms with Gasteiger partial charge in [0.05, 0.1) is 5.75 Å². The molecule has 1 heterocycles. The number of hydrogen-bond acceptors (Lipinski definition) is 4. The van der Waals surface area contributed by atoms with E-state index in [4.69, 9.17) is 0 Å². The average Bonchev–Trinajstić information content (AvgIpc) is 2.48. The maximum atomic E-state index is 13.2. The lowest BCUT2D eigenvalue weighted by Gasteiger charge is -2.35. The second kappa shape index (κ2) is 7.39. The van der Waals surface area contributed by atoms with Crippen LogP contribution in [-0.4, -0.2) is 46.9 Å². The Labute approximate surface area is 131 Å². The van der Waals surface area contributed by atoms with Crippen LogP contribution in [0.4, 0.5) is 10.1 Å². The maximum Gasteiger partial charge on any atom is 0.212 e. The molecule has 0 bridgehead atoms. The smallest absolute Gasteiger partial charge is 0.212 e. The Kier molecular flexibility index (Phi) is 5.77. The Morgan fingerprint density at radius 3 is 2.59 bits per heavy atom. The molecule has 0 radical (unpaired) electrons. The molecule has 0 aromatic heterocycles. The molecule has 124 valence electrons. The number of benzene rings is 1. The molecule has 1 aliphatic rings. The summed E-state index contributed by atoms with van der Waals surface area (Å²) in [5.41, 5.74) is 2.03. The van der Waals surface area contributed by atoms with Crippen LogP contribution >= 0.6 is 0 Å². The van der Waals surface area contributed by atoms with Crippen molar-refractivity contribution in [2.75, 3.05) is 37.3 Å². The van der Waals surface area contributed by atoms with Crippen LogP contribution in [-0.2, 0) is 10.0 Å². The first kappa shape index (κ1) is 17.2. The summed E-state index contributed by atoms with van der Waals surface area (Å²) < 4.78 is 38.2. The van der Waals surface area contributed by atoms with E-state index < -0.39 is 10.0 Å². The molecule has 2 N–H and O–H groups in total. The van der Waals surface area contributed by atoms with Gasteiger partial charge in [0, 0.05) is 31.4 Å². The lowest BCUT2D eigenvalue weighted by atomic mass is 10.0. The van der Waals surface area contributed by atoms with Crippen molar-refractivity contribution < 1.29 is 12.8 Å². The van der Waals surface area contributed by atoms with Crippen LogP contribution in [0.15, 0.2) is 18.2 Å². The van der Waals surface area contributed by atoms with Crippen molar-refractivity contribution in [3.63, 3.8) is 0 Å². The summed E-state index contributed by atoms with van der Waals surface area (Å²) >= 11 is 0. The highest BCUT2D eigenvalue weighted by atomic mass is 32.2. The summed E-state index contributed by atoms with van der Waals surface area (Å²) in [6, 6.07) is 5.22. The minimum atomic E-state index is -3.14. The van der Waals surface area contributed by atoms with Gasteiger partial charge in [0.15, 0.2) is 0 Å². The molecule has 22 heavy (non-hydrogen) atoms. The van der Waals surface area contributed by atoms with E-state index in [9.17, 15) is 12.8 Å². The minimum absolute atomic E-state index is 0.0980. The van der Waals surface area contributed by atoms with E-state index in [1.165, 1.54) is 13.1 Å². The fourth-order valence-corrected chi connectivity index (χ4v) is 3.39. The molecule has 0 atom stereocenters. The number of rotatable bonds is 6. The third kappa shape index (κ3) is 4.66. The number of nitrogens with one attached hydrogen (secondary N) is 2. The second-order valence-electron chi connectivity index (χ2n) is 5.67. The number of sulfonamides is 1. The van der Waals surface area contributed by atoms with Crippen LogP contribution in [0.5, 0.6) is 0 Å². The monoisotopic (exact) mass is 329 g/mol. The fourth-order valence-electron chi connectivity index (χ4n) is 2.80. The molecular weight excluding hydrogens is 305 g/mol. The highest BCUT2D eigenvalue weighted by Crippen LogP contribution is 2.24. The zero-order chi connectivity index (χ0) is 16.2. The lowest BCUT2D eigenvalue weighted by molar-refractivity contribution is 0.423. The van der Waals surface area contributed by atoms with Crippen LogP contribution in [0, 0.1) is 12.7 Å². The van der Waals surface area contributed by atoms with Gasteiger partial charge in [-0.25, -0.2) is 17.5 Å². The van der Waals surface area contributed by atoms with Crippen molar-refractivity contribution in [1.29, 1.82) is 0 Å². The molecule has 1 aromatic carbocycles. The van der Waals surface area contributed by atoms with E-state index in [0.29, 0.717) is 12.6 Å². The Morgan fingerprint density at radius 2 is 2.00 bits per heavy atom. The van der Waals surface area contributed by atoms with E-state index in [2.05, 4.69) is 14.9 Å². The number of anilines is 1. The molecule has 0 saturated carbocycles. The van der Waals surface area contributed by atoms with E-state index in [1.54, 1.807) is 6.07 Å². The van der Waals surface area contributed by atoms with Gasteiger partial charge >= 0.3 is 0 Å². The van der Waals surface area contributed by atoms with Crippen molar-refractivity contribution in [1.82, 2.24) is 10.0 Å². The van der Waals surface area contributed by atoms with Gasteiger partial charge in [0.25, 0.3) is 0 Å². The standard InChI is InChI=1S/C15H24FN3O2S/c1-12-11-13(16)3-4-15(12)19-8-5-14(6-9-19)18-7-10-22(20,21)17-2/h3-4,11,14,17-18H,5-10H2,1-2H3. The highest BCUT2D eigenvalue weighted by Gasteiger charge is 2.20. The molecule has 1 fully saturated rings. The Balaban J connectivity index is 1.80. The molecular formula is C15H24FN3O2S. The minimum Gasteiger partial charge on any atom is -0.371 e. The highest BCUT2D eigenvalue weighted by molar-refractivity contribution is 7.89. The fraction of sp³-hybridized carbons (Fsp3) is 0.600. The molecule has 0 amide bonds. The molecule has 2 rings (SSSR count). The molecule has 7 heteroatoms. The summed E-state index contributed by atoms with van der Waals surface area (Å²) in [4.78, 5) is 2.26. The largest absolute Gasteiger partial charge is 0.371 e. The van der Waals surface area contributed by atoms with Gasteiger partial charge in [-0.3, -0.25) is 0 Å². The van der Waals surface area contributed by atoms with Crippen LogP contribution in [0.1, 0.15) is 18.4 Å². The molecule has 0 aliphatic carbocycles. The summed E-state index contributed by atoms with van der Waals surface area (Å²) in [6.07, 6.45) is 1.91. The van der Waals surface area contributed by atoms with Gasteiger partial charge in [-0.15, -0.1) is 0 Å². The number of aryl methyl sites for hydroxylation is 1. The third-order valence-corrected chi connectivity index (χ3v) is 5.47. The zero-order valence-corrected chi connectivity index (χ0v) is 13.9. The first-order valence-electron chi connectivity index (χ1n) is 7.57. The lowest BCUT2D eigenvalue weighted by Crippen LogP contribution is -2.44. The van der Waals surface area contributed by atoms with E-state index in [-0.39, 0.29) is 11.6 Å². The summed E-state index contributed by atoms with van der Waals surface area (Å²) in [6.45, 7) is 4.17. The summed E-state index contributed by atoms with van der Waals surface area (Å²) in [5, 5.41) is 3.30. The zero-order valence-electron chi connectivity index (χ0n) is 13.1.